The Bertz CT molecular complexity index is 491. The van der Waals surface area contributed by atoms with Crippen LogP contribution in [0.5, 0.6) is 5.75 Å². The van der Waals surface area contributed by atoms with Gasteiger partial charge in [-0.25, -0.2) is 4.79 Å². The van der Waals surface area contributed by atoms with Crippen LogP contribution in [-0.4, -0.2) is 40.2 Å². The van der Waals surface area contributed by atoms with E-state index >= 15 is 0 Å². The minimum Gasteiger partial charge on any atom is -0.508 e. The molecule has 0 bridgehead atoms. The second-order valence-electron chi connectivity index (χ2n) is 5.93. The van der Waals surface area contributed by atoms with E-state index in [1.807, 2.05) is 20.8 Å². The van der Waals surface area contributed by atoms with Gasteiger partial charge in [0.25, 0.3) is 0 Å². The molecule has 0 fully saturated rings. The Balaban J connectivity index is 2.59. The number of carboxylic acids is 1. The first-order valence-electron chi connectivity index (χ1n) is 6.72. The van der Waals surface area contributed by atoms with Crippen LogP contribution in [0.15, 0.2) is 24.3 Å². The standard InChI is InChI=1S/C15H22N2O4/c1-15(2,3)16-9-13(19)17-12(14(20)21)8-10-4-6-11(18)7-5-10/h4-7,12,16,18H,8-9H2,1-3H3,(H,17,19)(H,20,21)/t12-/m0/s1. The number of benzene rings is 1. The number of phenolic OH excluding ortho intramolecular Hbond substituents is 1. The van der Waals surface area contributed by atoms with Crippen LogP contribution >= 0.6 is 0 Å². The monoisotopic (exact) mass is 294 g/mol. The number of carboxylic acid groups (broad SMARTS) is 1. The van der Waals surface area contributed by atoms with Crippen molar-refractivity contribution in [2.75, 3.05) is 6.54 Å². The van der Waals surface area contributed by atoms with Crippen LogP contribution in [0.25, 0.3) is 0 Å². The van der Waals surface area contributed by atoms with Crippen LogP contribution < -0.4 is 10.6 Å². The average Bonchev–Trinajstić information content (AvgIpc) is 2.37. The molecule has 0 spiro atoms. The molecule has 0 saturated heterocycles. The highest BCUT2D eigenvalue weighted by Crippen LogP contribution is 2.11. The highest BCUT2D eigenvalue weighted by atomic mass is 16.4. The lowest BCUT2D eigenvalue weighted by Gasteiger charge is -2.21. The summed E-state index contributed by atoms with van der Waals surface area (Å²) in [7, 11) is 0. The molecule has 0 heterocycles. The van der Waals surface area contributed by atoms with Crippen LogP contribution in [0.4, 0.5) is 0 Å². The molecule has 0 aliphatic carbocycles. The summed E-state index contributed by atoms with van der Waals surface area (Å²) in [6.07, 6.45) is 0.164. The smallest absolute Gasteiger partial charge is 0.326 e. The number of rotatable bonds is 6. The first kappa shape index (κ1) is 17.0. The summed E-state index contributed by atoms with van der Waals surface area (Å²) >= 11 is 0. The van der Waals surface area contributed by atoms with Gasteiger partial charge in [0, 0.05) is 12.0 Å². The Morgan fingerprint density at radius 3 is 2.24 bits per heavy atom. The number of amides is 1. The van der Waals surface area contributed by atoms with Gasteiger partial charge in [-0.15, -0.1) is 0 Å². The fourth-order valence-corrected chi connectivity index (χ4v) is 1.66. The summed E-state index contributed by atoms with van der Waals surface area (Å²) < 4.78 is 0. The van der Waals surface area contributed by atoms with Crippen molar-refractivity contribution in [3.8, 4) is 5.75 Å². The summed E-state index contributed by atoms with van der Waals surface area (Å²) in [6.45, 7) is 5.82. The third kappa shape index (κ3) is 6.76. The van der Waals surface area contributed by atoms with Crippen LogP contribution in [0, 0.1) is 0 Å². The Morgan fingerprint density at radius 1 is 1.19 bits per heavy atom. The molecule has 6 heteroatoms. The molecule has 116 valence electrons. The number of nitrogens with one attached hydrogen (secondary N) is 2. The maximum absolute atomic E-state index is 11.8. The molecular formula is C15H22N2O4. The molecule has 6 nitrogen and oxygen atoms in total. The normalized spacial score (nSPS) is 12.7. The molecule has 0 aliphatic heterocycles. The molecule has 0 unspecified atom stereocenters. The Hall–Kier alpha value is -2.08. The van der Waals surface area contributed by atoms with Crippen LogP contribution in [0.3, 0.4) is 0 Å². The zero-order valence-electron chi connectivity index (χ0n) is 12.5. The first-order chi connectivity index (χ1) is 9.67. The van der Waals surface area contributed by atoms with Crippen molar-refractivity contribution in [1.29, 1.82) is 0 Å². The molecule has 0 radical (unpaired) electrons. The molecule has 4 N–H and O–H groups in total. The highest BCUT2D eigenvalue weighted by molar-refractivity contribution is 5.84. The number of phenols is 1. The maximum atomic E-state index is 11.8. The average molecular weight is 294 g/mol. The third-order valence-corrected chi connectivity index (χ3v) is 2.79. The fourth-order valence-electron chi connectivity index (χ4n) is 1.66. The van der Waals surface area contributed by atoms with Crippen molar-refractivity contribution >= 4 is 11.9 Å². The van der Waals surface area contributed by atoms with Gasteiger partial charge in [0.05, 0.1) is 6.54 Å². The third-order valence-electron chi connectivity index (χ3n) is 2.79. The number of aliphatic carboxylic acids is 1. The zero-order chi connectivity index (χ0) is 16.0. The van der Waals surface area contributed by atoms with Gasteiger partial charge in [0.15, 0.2) is 0 Å². The molecule has 1 rings (SSSR count). The van der Waals surface area contributed by atoms with Gasteiger partial charge in [-0.1, -0.05) is 12.1 Å². The number of aromatic hydroxyl groups is 1. The summed E-state index contributed by atoms with van der Waals surface area (Å²) in [5.74, 6) is -1.34. The fraction of sp³-hybridized carbons (Fsp3) is 0.467. The van der Waals surface area contributed by atoms with Crippen LogP contribution in [0.1, 0.15) is 26.3 Å². The molecule has 0 aliphatic rings. The number of hydrogen-bond acceptors (Lipinski definition) is 4. The lowest BCUT2D eigenvalue weighted by Crippen LogP contribution is -2.48. The molecular weight excluding hydrogens is 272 g/mol. The molecule has 1 atom stereocenters. The minimum atomic E-state index is -1.09. The second kappa shape index (κ2) is 7.08. The largest absolute Gasteiger partial charge is 0.508 e. The molecule has 1 aromatic carbocycles. The van der Waals surface area contributed by atoms with Gasteiger partial charge in [-0.3, -0.25) is 4.79 Å². The SMILES string of the molecule is CC(C)(C)NCC(=O)N[C@@H](Cc1ccc(O)cc1)C(=O)O. The van der Waals surface area contributed by atoms with Crippen molar-refractivity contribution in [3.63, 3.8) is 0 Å². The van der Waals surface area contributed by atoms with Gasteiger partial charge in [-0.2, -0.15) is 0 Å². The Labute approximate surface area is 124 Å². The van der Waals surface area contributed by atoms with E-state index in [0.29, 0.717) is 0 Å². The second-order valence-corrected chi connectivity index (χ2v) is 5.93. The summed E-state index contributed by atoms with van der Waals surface area (Å²) in [5.41, 5.74) is 0.511. The van der Waals surface area contributed by atoms with Crippen molar-refractivity contribution in [3.05, 3.63) is 29.8 Å². The molecule has 0 aromatic heterocycles. The van der Waals surface area contributed by atoms with E-state index in [9.17, 15) is 19.8 Å². The Morgan fingerprint density at radius 2 is 1.76 bits per heavy atom. The predicted octanol–water partition coefficient (Wildman–Crippen LogP) is 0.892. The van der Waals surface area contributed by atoms with E-state index < -0.39 is 12.0 Å². The number of carbonyl (C=O) groups is 2. The van der Waals surface area contributed by atoms with Gasteiger partial charge in [-0.05, 0) is 38.5 Å². The lowest BCUT2D eigenvalue weighted by atomic mass is 10.1. The molecule has 1 aromatic rings. The summed E-state index contributed by atoms with van der Waals surface area (Å²) in [5, 5.41) is 23.9. The van der Waals surface area contributed by atoms with Crippen molar-refractivity contribution in [1.82, 2.24) is 10.6 Å². The molecule has 1 amide bonds. The van der Waals surface area contributed by atoms with Crippen molar-refractivity contribution in [2.45, 2.75) is 38.8 Å². The topological polar surface area (TPSA) is 98.7 Å². The van der Waals surface area contributed by atoms with Crippen LogP contribution in [0.2, 0.25) is 0 Å². The van der Waals surface area contributed by atoms with E-state index in [1.54, 1.807) is 12.1 Å². The van der Waals surface area contributed by atoms with E-state index in [-0.39, 0.29) is 30.2 Å². The van der Waals surface area contributed by atoms with Gasteiger partial charge in [0.2, 0.25) is 5.91 Å². The Kier molecular flexibility index (Phi) is 5.72. The van der Waals surface area contributed by atoms with Crippen LogP contribution in [-0.2, 0) is 16.0 Å². The van der Waals surface area contributed by atoms with Crippen molar-refractivity contribution in [2.24, 2.45) is 0 Å². The first-order valence-corrected chi connectivity index (χ1v) is 6.72. The number of hydrogen-bond donors (Lipinski definition) is 4. The van der Waals surface area contributed by atoms with E-state index in [0.717, 1.165) is 5.56 Å². The van der Waals surface area contributed by atoms with Crippen molar-refractivity contribution < 1.29 is 19.8 Å². The van der Waals surface area contributed by atoms with E-state index in [2.05, 4.69) is 10.6 Å². The molecule has 21 heavy (non-hydrogen) atoms. The zero-order valence-corrected chi connectivity index (χ0v) is 12.5. The lowest BCUT2D eigenvalue weighted by molar-refractivity contribution is -0.141. The summed E-state index contributed by atoms with van der Waals surface area (Å²) in [4.78, 5) is 23.0. The van der Waals surface area contributed by atoms with Gasteiger partial charge >= 0.3 is 5.97 Å². The highest BCUT2D eigenvalue weighted by Gasteiger charge is 2.21. The quantitative estimate of drug-likeness (QED) is 0.624. The molecule has 0 saturated carbocycles. The van der Waals surface area contributed by atoms with Gasteiger partial charge < -0.3 is 20.8 Å². The van der Waals surface area contributed by atoms with E-state index in [1.165, 1.54) is 12.1 Å². The predicted molar refractivity (Wildman–Crippen MR) is 79.1 cm³/mol. The van der Waals surface area contributed by atoms with E-state index in [4.69, 9.17) is 0 Å². The minimum absolute atomic E-state index is 0.0584. The van der Waals surface area contributed by atoms with Gasteiger partial charge in [0.1, 0.15) is 11.8 Å². The number of carbonyl (C=O) groups excluding carboxylic acids is 1. The maximum Gasteiger partial charge on any atom is 0.326 e. The summed E-state index contributed by atoms with van der Waals surface area (Å²) in [6, 6.07) is 5.23.